The van der Waals surface area contributed by atoms with Crippen molar-refractivity contribution in [2.24, 2.45) is 7.05 Å². The molecule has 9 heteroatoms. The number of anilines is 1. The number of nitrogens with one attached hydrogen (secondary N) is 1. The molecule has 4 aromatic rings. The predicted molar refractivity (Wildman–Crippen MR) is 155 cm³/mol. The molecule has 1 unspecified atom stereocenters. The second-order valence-electron chi connectivity index (χ2n) is 9.63. The van der Waals surface area contributed by atoms with E-state index in [4.69, 9.17) is 14.5 Å². The van der Waals surface area contributed by atoms with Crippen LogP contribution in [-0.4, -0.2) is 39.5 Å². The number of carbonyl (C=O) groups is 2. The molecule has 1 N–H and O–H groups in total. The van der Waals surface area contributed by atoms with Crippen molar-refractivity contribution >= 4 is 39.6 Å². The van der Waals surface area contributed by atoms with Crippen molar-refractivity contribution < 1.29 is 19.1 Å². The average molecular weight is 545 g/mol. The molecule has 1 aromatic heterocycles. The lowest BCUT2D eigenvalue weighted by Crippen LogP contribution is -2.25. The van der Waals surface area contributed by atoms with Gasteiger partial charge in [0.15, 0.2) is 0 Å². The van der Waals surface area contributed by atoms with Crippen LogP contribution in [0, 0.1) is 0 Å². The number of amides is 2. The summed E-state index contributed by atoms with van der Waals surface area (Å²) in [4.78, 5) is 30.2. The number of hydrogen-bond donors (Lipinski definition) is 1. The lowest BCUT2D eigenvalue weighted by Gasteiger charge is -2.19. The first-order valence-electron chi connectivity index (χ1n) is 13.1. The molecule has 1 saturated heterocycles. The molecule has 5 rings (SSSR count). The van der Waals surface area contributed by atoms with Crippen LogP contribution in [0.5, 0.6) is 17.2 Å². The maximum Gasteiger partial charge on any atom is 0.286 e. The molecule has 8 nitrogen and oxygen atoms in total. The number of aromatic nitrogens is 2. The Morgan fingerprint density at radius 3 is 2.41 bits per heavy atom. The molecule has 1 aliphatic rings. The number of carbonyl (C=O) groups excluding carboxylic acids is 2. The highest BCUT2D eigenvalue weighted by Gasteiger charge is 2.31. The summed E-state index contributed by atoms with van der Waals surface area (Å²) < 4.78 is 14.1. The van der Waals surface area contributed by atoms with E-state index >= 15 is 0 Å². The maximum absolute atomic E-state index is 11.8. The summed E-state index contributed by atoms with van der Waals surface area (Å²) in [5.74, 6) is 2.80. The molecule has 0 aliphatic carbocycles. The third kappa shape index (κ3) is 6.37. The fourth-order valence-electron chi connectivity index (χ4n) is 4.45. The van der Waals surface area contributed by atoms with Gasteiger partial charge in [-0.25, -0.2) is 4.98 Å². The summed E-state index contributed by atoms with van der Waals surface area (Å²) in [6.45, 7) is 3.54. The third-order valence-corrected chi connectivity index (χ3v) is 7.77. The number of rotatable bonds is 11. The summed E-state index contributed by atoms with van der Waals surface area (Å²) in [7, 11) is 4.08. The molecule has 2 amide bonds. The highest BCUT2D eigenvalue weighted by Crippen LogP contribution is 2.28. The van der Waals surface area contributed by atoms with Crippen LogP contribution in [0.2, 0.25) is 0 Å². The van der Waals surface area contributed by atoms with Crippen LogP contribution in [0.4, 0.5) is 10.5 Å². The van der Waals surface area contributed by atoms with Crippen molar-refractivity contribution in [3.8, 4) is 17.2 Å². The average Bonchev–Trinajstić information content (AvgIpc) is 3.43. The van der Waals surface area contributed by atoms with Gasteiger partial charge >= 0.3 is 0 Å². The highest BCUT2D eigenvalue weighted by molar-refractivity contribution is 8.15. The fourth-order valence-corrected chi connectivity index (χ4v) is 5.31. The maximum atomic E-state index is 11.8. The van der Waals surface area contributed by atoms with E-state index < -0.39 is 0 Å². The van der Waals surface area contributed by atoms with Gasteiger partial charge < -0.3 is 18.9 Å². The van der Waals surface area contributed by atoms with Crippen molar-refractivity contribution in [3.05, 3.63) is 78.1 Å². The normalized spacial score (nSPS) is 15.0. The van der Waals surface area contributed by atoms with Gasteiger partial charge in [-0.1, -0.05) is 37.2 Å². The van der Waals surface area contributed by atoms with E-state index in [1.165, 1.54) is 18.5 Å². The Bertz CT molecular complexity index is 1470. The molecule has 0 saturated carbocycles. The minimum absolute atomic E-state index is 0.232. The van der Waals surface area contributed by atoms with Gasteiger partial charge in [0.1, 0.15) is 29.7 Å². The van der Waals surface area contributed by atoms with Crippen LogP contribution < -0.4 is 19.7 Å². The topological polar surface area (TPSA) is 85.7 Å². The van der Waals surface area contributed by atoms with Crippen LogP contribution in [0.1, 0.15) is 31.2 Å². The van der Waals surface area contributed by atoms with E-state index in [1.807, 2.05) is 66.2 Å². The van der Waals surface area contributed by atoms with Crippen molar-refractivity contribution in [2.75, 3.05) is 18.5 Å². The van der Waals surface area contributed by atoms with Gasteiger partial charge in [0.05, 0.1) is 16.3 Å². The Hall–Kier alpha value is -3.98. The zero-order valence-electron chi connectivity index (χ0n) is 22.3. The molecule has 0 radical (unpaired) electrons. The summed E-state index contributed by atoms with van der Waals surface area (Å²) in [6, 6.07) is 21.6. The van der Waals surface area contributed by atoms with Crippen LogP contribution in [0.15, 0.2) is 66.7 Å². The molecule has 0 bridgehead atoms. The number of thioether (sulfide) groups is 1. The van der Waals surface area contributed by atoms with E-state index in [1.54, 1.807) is 0 Å². The molecule has 1 fully saturated rings. The minimum atomic E-state index is -0.380. The van der Waals surface area contributed by atoms with Crippen LogP contribution >= 0.6 is 11.8 Å². The monoisotopic (exact) mass is 544 g/mol. The largest absolute Gasteiger partial charge is 0.486 e. The highest BCUT2D eigenvalue weighted by atomic mass is 32.2. The predicted octanol–water partition coefficient (Wildman–Crippen LogP) is 6.08. The van der Waals surface area contributed by atoms with Crippen molar-refractivity contribution in [1.29, 1.82) is 0 Å². The van der Waals surface area contributed by atoms with E-state index in [2.05, 4.69) is 36.3 Å². The third-order valence-electron chi connectivity index (χ3n) is 6.78. The summed E-state index contributed by atoms with van der Waals surface area (Å²) >= 11 is 1.04. The summed E-state index contributed by atoms with van der Waals surface area (Å²) in [5, 5.41) is 1.66. The Balaban J connectivity index is 1.20. The SMILES string of the molecule is CCCCN(C)c1ccc(Oc2ccc3nc(COc4ccc(CC5SC(=O)NC5=O)cc4)n(C)c3c2)cc1. The van der Waals surface area contributed by atoms with Gasteiger partial charge in [0.25, 0.3) is 5.24 Å². The molecule has 1 atom stereocenters. The number of benzene rings is 3. The quantitative estimate of drug-likeness (QED) is 0.245. The first-order valence-corrected chi connectivity index (χ1v) is 13.9. The molecule has 0 spiro atoms. The van der Waals surface area contributed by atoms with Gasteiger partial charge in [-0.05, 0) is 66.9 Å². The summed E-state index contributed by atoms with van der Waals surface area (Å²) in [6.07, 6.45) is 2.84. The van der Waals surface area contributed by atoms with Crippen molar-refractivity contribution in [2.45, 2.75) is 38.0 Å². The molecule has 202 valence electrons. The van der Waals surface area contributed by atoms with Crippen LogP contribution in [0.3, 0.4) is 0 Å². The number of aryl methyl sites for hydroxylation is 1. The number of unbranched alkanes of at least 4 members (excludes halogenated alkanes) is 1. The van der Waals surface area contributed by atoms with Crippen LogP contribution in [-0.2, 0) is 24.9 Å². The van der Waals surface area contributed by atoms with E-state index in [9.17, 15) is 9.59 Å². The van der Waals surface area contributed by atoms with Crippen molar-refractivity contribution in [1.82, 2.24) is 14.9 Å². The Morgan fingerprint density at radius 1 is 1.00 bits per heavy atom. The van der Waals surface area contributed by atoms with Crippen molar-refractivity contribution in [3.63, 3.8) is 0 Å². The Morgan fingerprint density at radius 2 is 1.72 bits per heavy atom. The number of fused-ring (bicyclic) bond motifs is 1. The molecule has 1 aliphatic heterocycles. The second-order valence-corrected chi connectivity index (χ2v) is 10.8. The number of nitrogens with zero attached hydrogens (tertiary/aromatic N) is 3. The van der Waals surface area contributed by atoms with Gasteiger partial charge in [-0.3, -0.25) is 14.9 Å². The molecular formula is C30H32N4O4S. The smallest absolute Gasteiger partial charge is 0.286 e. The second kappa shape index (κ2) is 11.8. The molecule has 39 heavy (non-hydrogen) atoms. The zero-order chi connectivity index (χ0) is 27.4. The Labute approximate surface area is 232 Å². The lowest BCUT2D eigenvalue weighted by molar-refractivity contribution is -0.118. The lowest BCUT2D eigenvalue weighted by atomic mass is 10.1. The summed E-state index contributed by atoms with van der Waals surface area (Å²) in [5.41, 5.74) is 3.97. The van der Waals surface area contributed by atoms with E-state index in [0.717, 1.165) is 52.2 Å². The van der Waals surface area contributed by atoms with Gasteiger partial charge in [-0.15, -0.1) is 0 Å². The fraction of sp³-hybridized carbons (Fsp3) is 0.300. The van der Waals surface area contributed by atoms with Gasteiger partial charge in [0, 0.05) is 32.4 Å². The molecule has 3 aromatic carbocycles. The molecule has 2 heterocycles. The number of hydrogen-bond acceptors (Lipinski definition) is 7. The minimum Gasteiger partial charge on any atom is -0.486 e. The van der Waals surface area contributed by atoms with Crippen LogP contribution in [0.25, 0.3) is 11.0 Å². The van der Waals surface area contributed by atoms with E-state index in [0.29, 0.717) is 18.8 Å². The zero-order valence-corrected chi connectivity index (χ0v) is 23.2. The van der Waals surface area contributed by atoms with Gasteiger partial charge in [0.2, 0.25) is 5.91 Å². The Kier molecular flexibility index (Phi) is 8.07. The van der Waals surface area contributed by atoms with E-state index in [-0.39, 0.29) is 16.4 Å². The first-order chi connectivity index (χ1) is 18.9. The first kappa shape index (κ1) is 26.6. The number of ether oxygens (including phenoxy) is 2. The van der Waals surface area contributed by atoms with Gasteiger partial charge in [-0.2, -0.15) is 0 Å². The standard InChI is InChI=1S/C30H32N4O4S/c1-4-5-16-33(2)21-8-12-23(13-9-21)38-24-14-15-25-26(18-24)34(3)28(31-25)19-37-22-10-6-20(7-11-22)17-27-29(35)32-30(36)39-27/h6-15,18,27H,4-5,16-17,19H2,1-3H3,(H,32,35,36). The number of imide groups is 1. The molecular weight excluding hydrogens is 512 g/mol. The number of imidazole rings is 1.